The lowest BCUT2D eigenvalue weighted by molar-refractivity contribution is 0.0590. The summed E-state index contributed by atoms with van der Waals surface area (Å²) in [6.45, 7) is 0.575. The van der Waals surface area contributed by atoms with Crippen LogP contribution in [-0.4, -0.2) is 43.0 Å². The summed E-state index contributed by atoms with van der Waals surface area (Å²) in [5.41, 5.74) is 0.253. The summed E-state index contributed by atoms with van der Waals surface area (Å²) in [4.78, 5) is 11.9. The lowest BCUT2D eigenvalue weighted by atomic mass is 9.79. The van der Waals surface area contributed by atoms with E-state index in [1.807, 2.05) is 0 Å². The van der Waals surface area contributed by atoms with Crippen molar-refractivity contribution in [3.05, 3.63) is 18.0 Å². The van der Waals surface area contributed by atoms with Crippen LogP contribution in [0.5, 0.6) is 0 Å². The van der Waals surface area contributed by atoms with Crippen LogP contribution < -0.4 is 0 Å². The van der Waals surface area contributed by atoms with Crippen molar-refractivity contribution < 1.29 is 17.9 Å². The number of carbonyl (C=O) groups excluding carboxylic acids is 1. The molecular formula is C16H24N2O4S. The standard InChI is InChI=1S/C16H24N2O4S/c1-17-11-13(10-15(17)16(19)22-2)23(20,21)18-9-5-7-12-6-3-4-8-14(12)18/h10-12,14H,3-9H2,1-2H3/t12-,14+/m1/s1. The molecule has 2 aliphatic rings. The molecular weight excluding hydrogens is 316 g/mol. The summed E-state index contributed by atoms with van der Waals surface area (Å²) in [7, 11) is -0.621. The molecule has 128 valence electrons. The molecule has 23 heavy (non-hydrogen) atoms. The normalized spacial score (nSPS) is 25.8. The number of esters is 1. The first-order chi connectivity index (χ1) is 10.9. The predicted octanol–water partition coefficient (Wildman–Crippen LogP) is 2.16. The zero-order valence-corrected chi connectivity index (χ0v) is 14.5. The number of methoxy groups -OCH3 is 1. The first-order valence-electron chi connectivity index (χ1n) is 8.21. The number of aryl methyl sites for hydroxylation is 1. The third-order valence-electron chi connectivity index (χ3n) is 5.17. The number of carbonyl (C=O) groups is 1. The highest BCUT2D eigenvalue weighted by Gasteiger charge is 2.40. The molecule has 0 N–H and O–H groups in total. The number of fused-ring (bicyclic) bond motifs is 1. The number of hydrogen-bond acceptors (Lipinski definition) is 4. The second-order valence-corrected chi connectivity index (χ2v) is 8.42. The van der Waals surface area contributed by atoms with Crippen LogP contribution in [0.3, 0.4) is 0 Å². The Balaban J connectivity index is 1.93. The fourth-order valence-corrected chi connectivity index (χ4v) is 5.82. The number of aromatic nitrogens is 1. The molecule has 7 heteroatoms. The average Bonchev–Trinajstić information content (AvgIpc) is 2.96. The maximum atomic E-state index is 13.1. The maximum absolute atomic E-state index is 13.1. The van der Waals surface area contributed by atoms with Crippen LogP contribution in [0.15, 0.2) is 17.2 Å². The second-order valence-electron chi connectivity index (χ2n) is 6.53. The Labute approximate surface area is 137 Å². The zero-order chi connectivity index (χ0) is 16.6. The fraction of sp³-hybridized carbons (Fsp3) is 0.688. The minimum absolute atomic E-state index is 0.115. The van der Waals surface area contributed by atoms with Gasteiger partial charge in [0.15, 0.2) is 0 Å². The number of sulfonamides is 1. The third-order valence-corrected chi connectivity index (χ3v) is 7.06. The highest BCUT2D eigenvalue weighted by Crippen LogP contribution is 2.38. The van der Waals surface area contributed by atoms with Gasteiger partial charge >= 0.3 is 5.97 Å². The quantitative estimate of drug-likeness (QED) is 0.791. The van der Waals surface area contributed by atoms with E-state index in [4.69, 9.17) is 4.74 Å². The van der Waals surface area contributed by atoms with Crippen molar-refractivity contribution in [3.63, 3.8) is 0 Å². The van der Waals surface area contributed by atoms with Gasteiger partial charge in [0.25, 0.3) is 0 Å². The van der Waals surface area contributed by atoms with E-state index in [0.29, 0.717) is 12.5 Å². The van der Waals surface area contributed by atoms with Gasteiger partial charge in [-0.1, -0.05) is 12.8 Å². The molecule has 0 unspecified atom stereocenters. The number of ether oxygens (including phenoxy) is 1. The lowest BCUT2D eigenvalue weighted by Gasteiger charge is -2.42. The minimum atomic E-state index is -3.57. The summed E-state index contributed by atoms with van der Waals surface area (Å²) < 4.78 is 34.1. The summed E-state index contributed by atoms with van der Waals surface area (Å²) in [5, 5.41) is 0. The van der Waals surface area contributed by atoms with Gasteiger partial charge in [-0.25, -0.2) is 13.2 Å². The van der Waals surface area contributed by atoms with Crippen molar-refractivity contribution in [2.45, 2.75) is 49.5 Å². The highest BCUT2D eigenvalue weighted by atomic mass is 32.2. The molecule has 1 aliphatic heterocycles. The Morgan fingerprint density at radius 3 is 2.65 bits per heavy atom. The fourth-order valence-electron chi connectivity index (χ4n) is 4.00. The van der Waals surface area contributed by atoms with Gasteiger partial charge in [-0.3, -0.25) is 0 Å². The summed E-state index contributed by atoms with van der Waals surface area (Å²) in [6.07, 6.45) is 7.91. The van der Waals surface area contributed by atoms with Gasteiger partial charge in [-0.2, -0.15) is 4.31 Å². The molecule has 0 amide bonds. The van der Waals surface area contributed by atoms with Gasteiger partial charge < -0.3 is 9.30 Å². The molecule has 2 heterocycles. The molecule has 2 atom stereocenters. The first-order valence-corrected chi connectivity index (χ1v) is 9.65. The van der Waals surface area contributed by atoms with Crippen LogP contribution in [0, 0.1) is 5.92 Å². The van der Waals surface area contributed by atoms with Gasteiger partial charge in [-0.15, -0.1) is 0 Å². The predicted molar refractivity (Wildman–Crippen MR) is 85.6 cm³/mol. The number of rotatable bonds is 3. The average molecular weight is 340 g/mol. The topological polar surface area (TPSA) is 68.6 Å². The van der Waals surface area contributed by atoms with E-state index in [1.54, 1.807) is 11.4 Å². The largest absolute Gasteiger partial charge is 0.464 e. The minimum Gasteiger partial charge on any atom is -0.464 e. The van der Waals surface area contributed by atoms with Crippen molar-refractivity contribution in [2.75, 3.05) is 13.7 Å². The zero-order valence-electron chi connectivity index (χ0n) is 13.7. The van der Waals surface area contributed by atoms with Crippen molar-refractivity contribution in [2.24, 2.45) is 13.0 Å². The highest BCUT2D eigenvalue weighted by molar-refractivity contribution is 7.89. The van der Waals surface area contributed by atoms with Crippen molar-refractivity contribution in [1.82, 2.24) is 8.87 Å². The lowest BCUT2D eigenvalue weighted by Crippen LogP contribution is -2.49. The molecule has 0 spiro atoms. The SMILES string of the molecule is COC(=O)c1cc(S(=O)(=O)N2CCC[C@H]3CCCC[C@@H]32)cn1C. The van der Waals surface area contributed by atoms with Crippen LogP contribution >= 0.6 is 0 Å². The van der Waals surface area contributed by atoms with E-state index in [0.717, 1.165) is 32.1 Å². The van der Waals surface area contributed by atoms with Crippen molar-refractivity contribution >= 4 is 16.0 Å². The van der Waals surface area contributed by atoms with Gasteiger partial charge in [0.05, 0.1) is 7.11 Å². The molecule has 1 aromatic heterocycles. The Hall–Kier alpha value is -1.34. The third kappa shape index (κ3) is 2.92. The van der Waals surface area contributed by atoms with E-state index < -0.39 is 16.0 Å². The van der Waals surface area contributed by atoms with Gasteiger partial charge in [0.1, 0.15) is 10.6 Å². The van der Waals surface area contributed by atoms with Crippen molar-refractivity contribution in [3.8, 4) is 0 Å². The van der Waals surface area contributed by atoms with E-state index in [-0.39, 0.29) is 16.6 Å². The smallest absolute Gasteiger partial charge is 0.354 e. The van der Waals surface area contributed by atoms with Gasteiger partial charge in [0, 0.05) is 25.8 Å². The summed E-state index contributed by atoms with van der Waals surface area (Å²) in [5.74, 6) is -0.0424. The molecule has 1 aromatic rings. The number of piperidine rings is 1. The second kappa shape index (κ2) is 6.28. The molecule has 1 saturated heterocycles. The Kier molecular flexibility index (Phi) is 4.51. The number of nitrogens with zero attached hydrogens (tertiary/aromatic N) is 2. The molecule has 2 fully saturated rings. The van der Waals surface area contributed by atoms with E-state index in [1.165, 1.54) is 30.4 Å². The molecule has 0 aromatic carbocycles. The van der Waals surface area contributed by atoms with Crippen molar-refractivity contribution in [1.29, 1.82) is 0 Å². The molecule has 6 nitrogen and oxygen atoms in total. The Morgan fingerprint density at radius 2 is 1.91 bits per heavy atom. The molecule has 3 rings (SSSR count). The Morgan fingerprint density at radius 1 is 1.22 bits per heavy atom. The van der Waals surface area contributed by atoms with Crippen LogP contribution in [-0.2, 0) is 21.8 Å². The van der Waals surface area contributed by atoms with Gasteiger partial charge in [-0.05, 0) is 37.7 Å². The summed E-state index contributed by atoms with van der Waals surface area (Å²) >= 11 is 0. The first kappa shape index (κ1) is 16.5. The van der Waals surface area contributed by atoms with Gasteiger partial charge in [0.2, 0.25) is 10.0 Å². The van der Waals surface area contributed by atoms with Crippen LogP contribution in [0.1, 0.15) is 49.0 Å². The van der Waals surface area contributed by atoms with E-state index in [2.05, 4.69) is 0 Å². The molecule has 1 aliphatic carbocycles. The summed E-state index contributed by atoms with van der Waals surface area (Å²) in [6, 6.07) is 1.54. The van der Waals surface area contributed by atoms with Crippen LogP contribution in [0.25, 0.3) is 0 Å². The molecule has 0 radical (unpaired) electrons. The number of hydrogen-bond donors (Lipinski definition) is 0. The molecule has 0 bridgehead atoms. The van der Waals surface area contributed by atoms with Crippen LogP contribution in [0.2, 0.25) is 0 Å². The maximum Gasteiger partial charge on any atom is 0.354 e. The van der Waals surface area contributed by atoms with E-state index in [9.17, 15) is 13.2 Å². The Bertz CT molecular complexity index is 693. The van der Waals surface area contributed by atoms with Crippen LogP contribution in [0.4, 0.5) is 0 Å². The monoisotopic (exact) mass is 340 g/mol. The molecule has 1 saturated carbocycles. The van der Waals surface area contributed by atoms with E-state index >= 15 is 0 Å².